The summed E-state index contributed by atoms with van der Waals surface area (Å²) in [6.45, 7) is 8.40. The van der Waals surface area contributed by atoms with E-state index in [0.717, 1.165) is 31.7 Å². The summed E-state index contributed by atoms with van der Waals surface area (Å²) in [5.74, 6) is -5.40. The molecule has 3 aromatic carbocycles. The number of nitrogens with one attached hydrogen (secondary N) is 3. The van der Waals surface area contributed by atoms with E-state index in [-0.39, 0.29) is 84.6 Å². The standard InChI is InChI=1S/C45H45N5O11S2/c1-3-15-60-36(52)22-46-20-25-5-7-26(8-6-25)34-19-30(21-47-34)49-14-13-32(40(49)53)37(45(59)61-16-4-2)33-23-63-42-38(41(54)50(42)39(33)44(57)58)48-35(51)24-62-31-12-11-27-17-29(43(55)56)10-9-28(27)18-31/h3-12,17-18,30,34,38,42,46-47H,1-2,13-16,19-24H2,(H,48,51)(H,55,56)(H,57,58)/b37-32+/t30-,34+,38+,42+/m0/s1. The number of likely N-dealkylation sites (tertiary alicyclic amines) is 1. The molecule has 3 aromatic rings. The van der Waals surface area contributed by atoms with Gasteiger partial charge >= 0.3 is 23.9 Å². The molecule has 4 atom stereocenters. The third-order valence-corrected chi connectivity index (χ3v) is 13.3. The van der Waals surface area contributed by atoms with Crippen molar-refractivity contribution in [3.63, 3.8) is 0 Å². The van der Waals surface area contributed by atoms with Crippen LogP contribution in [-0.4, -0.2) is 123 Å². The molecule has 0 spiro atoms. The van der Waals surface area contributed by atoms with E-state index in [1.54, 1.807) is 29.2 Å². The van der Waals surface area contributed by atoms with Crippen LogP contribution >= 0.6 is 23.5 Å². The van der Waals surface area contributed by atoms with Gasteiger partial charge in [0.25, 0.3) is 11.8 Å². The third-order valence-electron chi connectivity index (χ3n) is 11.1. The Kier molecular flexibility index (Phi) is 14.1. The van der Waals surface area contributed by atoms with Gasteiger partial charge in [0, 0.05) is 53.5 Å². The van der Waals surface area contributed by atoms with Crippen LogP contribution in [0.25, 0.3) is 10.8 Å². The van der Waals surface area contributed by atoms with Gasteiger partial charge in [0.2, 0.25) is 5.91 Å². The molecule has 16 nitrogen and oxygen atoms in total. The molecule has 18 heteroatoms. The molecule has 4 heterocycles. The number of amides is 3. The highest BCUT2D eigenvalue weighted by Gasteiger charge is 2.55. The van der Waals surface area contributed by atoms with Crippen LogP contribution in [0.15, 0.2) is 113 Å². The van der Waals surface area contributed by atoms with E-state index >= 15 is 0 Å². The van der Waals surface area contributed by atoms with Gasteiger partial charge in [-0.15, -0.1) is 23.5 Å². The molecule has 0 unspecified atom stereocenters. The number of rotatable bonds is 18. The van der Waals surface area contributed by atoms with Gasteiger partial charge < -0.3 is 40.5 Å². The Balaban J connectivity index is 1.02. The number of carbonyl (C=O) groups is 7. The predicted molar refractivity (Wildman–Crippen MR) is 234 cm³/mol. The van der Waals surface area contributed by atoms with E-state index in [2.05, 4.69) is 29.1 Å². The Morgan fingerprint density at radius 1 is 0.937 bits per heavy atom. The van der Waals surface area contributed by atoms with Crippen molar-refractivity contribution >= 4 is 75.9 Å². The van der Waals surface area contributed by atoms with Crippen LogP contribution in [0, 0.1) is 0 Å². The molecule has 0 aromatic heterocycles. The highest BCUT2D eigenvalue weighted by molar-refractivity contribution is 8.00. The lowest BCUT2D eigenvalue weighted by Gasteiger charge is -2.49. The summed E-state index contributed by atoms with van der Waals surface area (Å²) in [5, 5.41) is 29.8. The second-order valence-electron chi connectivity index (χ2n) is 15.1. The molecule has 328 valence electrons. The zero-order valence-electron chi connectivity index (χ0n) is 34.0. The highest BCUT2D eigenvalue weighted by Crippen LogP contribution is 2.44. The second-order valence-corrected chi connectivity index (χ2v) is 17.2. The van der Waals surface area contributed by atoms with E-state index in [1.807, 2.05) is 30.3 Å². The van der Waals surface area contributed by atoms with Gasteiger partial charge in [-0.25, -0.2) is 14.4 Å². The highest BCUT2D eigenvalue weighted by atomic mass is 32.2. The normalized spacial score (nSPS) is 21.4. The lowest BCUT2D eigenvalue weighted by molar-refractivity contribution is -0.150. The predicted octanol–water partition coefficient (Wildman–Crippen LogP) is 3.55. The number of hydrogen-bond acceptors (Lipinski definition) is 13. The molecular formula is C45H45N5O11S2. The Morgan fingerprint density at radius 2 is 1.67 bits per heavy atom. The summed E-state index contributed by atoms with van der Waals surface area (Å²) in [6, 6.07) is 16.7. The zero-order chi connectivity index (χ0) is 44.8. The van der Waals surface area contributed by atoms with Gasteiger partial charge in [-0.1, -0.05) is 61.7 Å². The quantitative estimate of drug-likeness (QED) is 0.0405. The number of fused-ring (bicyclic) bond motifs is 2. The van der Waals surface area contributed by atoms with Crippen molar-refractivity contribution in [3.05, 3.63) is 125 Å². The summed E-state index contributed by atoms with van der Waals surface area (Å²) in [5.41, 5.74) is 1.63. The molecule has 4 aliphatic rings. The first-order valence-electron chi connectivity index (χ1n) is 20.1. The smallest absolute Gasteiger partial charge is 0.352 e. The molecule has 3 amide bonds. The van der Waals surface area contributed by atoms with Crippen molar-refractivity contribution in [1.82, 2.24) is 25.8 Å². The number of carbonyl (C=O) groups excluding carboxylic acids is 5. The monoisotopic (exact) mass is 895 g/mol. The number of aromatic carboxylic acids is 1. The lowest BCUT2D eigenvalue weighted by atomic mass is 9.94. The Bertz CT molecular complexity index is 2450. The van der Waals surface area contributed by atoms with Crippen LogP contribution < -0.4 is 16.0 Å². The van der Waals surface area contributed by atoms with Crippen LogP contribution in [0.5, 0.6) is 0 Å². The van der Waals surface area contributed by atoms with Crippen molar-refractivity contribution in [2.45, 2.75) is 47.8 Å². The van der Waals surface area contributed by atoms with Crippen molar-refractivity contribution in [2.75, 3.05) is 44.4 Å². The molecule has 7 rings (SSSR count). The first-order chi connectivity index (χ1) is 30.4. The van der Waals surface area contributed by atoms with Gasteiger partial charge in [-0.3, -0.25) is 24.1 Å². The zero-order valence-corrected chi connectivity index (χ0v) is 35.6. The number of carboxylic acids is 2. The number of thioether (sulfide) groups is 2. The molecule has 5 N–H and O–H groups in total. The van der Waals surface area contributed by atoms with E-state index in [0.29, 0.717) is 19.5 Å². The average molecular weight is 896 g/mol. The van der Waals surface area contributed by atoms with Crippen molar-refractivity contribution in [3.8, 4) is 0 Å². The van der Waals surface area contributed by atoms with Crippen LogP contribution in [-0.2, 0) is 44.8 Å². The van der Waals surface area contributed by atoms with Gasteiger partial charge in [0.05, 0.1) is 23.4 Å². The fourth-order valence-corrected chi connectivity index (χ4v) is 10.1. The molecule has 0 radical (unpaired) electrons. The molecular weight excluding hydrogens is 851 g/mol. The Morgan fingerprint density at radius 3 is 2.40 bits per heavy atom. The van der Waals surface area contributed by atoms with Gasteiger partial charge in [0.15, 0.2) is 0 Å². The minimum absolute atomic E-state index is 0.00543. The average Bonchev–Trinajstić information content (AvgIpc) is 3.92. The lowest BCUT2D eigenvalue weighted by Crippen LogP contribution is -2.70. The van der Waals surface area contributed by atoms with Crippen LogP contribution in [0.1, 0.15) is 40.4 Å². The molecule has 3 fully saturated rings. The number of β-lactam (4-membered cyclic amide) rings is 1. The fraction of sp³-hybridized carbons (Fsp3) is 0.311. The summed E-state index contributed by atoms with van der Waals surface area (Å²) in [4.78, 5) is 94.3. The van der Waals surface area contributed by atoms with E-state index < -0.39 is 52.7 Å². The maximum Gasteiger partial charge on any atom is 0.352 e. The minimum atomic E-state index is -1.47. The van der Waals surface area contributed by atoms with Crippen LogP contribution in [0.3, 0.4) is 0 Å². The number of nitrogens with zero attached hydrogens (tertiary/aromatic N) is 2. The van der Waals surface area contributed by atoms with Crippen LogP contribution in [0.4, 0.5) is 0 Å². The first-order valence-corrected chi connectivity index (χ1v) is 22.1. The number of benzene rings is 3. The number of esters is 2. The molecule has 0 saturated carbocycles. The van der Waals surface area contributed by atoms with Gasteiger partial charge in [-0.05, 0) is 59.0 Å². The molecule has 63 heavy (non-hydrogen) atoms. The number of carboxylic acid groups (broad SMARTS) is 2. The maximum atomic E-state index is 14.2. The second kappa shape index (κ2) is 19.9. The first kappa shape index (κ1) is 44.8. The van der Waals surface area contributed by atoms with Gasteiger partial charge in [-0.2, -0.15) is 0 Å². The number of ether oxygens (including phenoxy) is 2. The fourth-order valence-electron chi connectivity index (χ4n) is 8.04. The maximum absolute atomic E-state index is 14.2. The molecule has 3 saturated heterocycles. The number of hydrogen-bond donors (Lipinski definition) is 5. The molecule has 4 aliphatic heterocycles. The van der Waals surface area contributed by atoms with E-state index in [1.165, 1.54) is 41.7 Å². The molecule has 0 aliphatic carbocycles. The summed E-state index contributed by atoms with van der Waals surface area (Å²) in [6.07, 6.45) is 3.60. The van der Waals surface area contributed by atoms with Crippen molar-refractivity contribution < 1.29 is 53.2 Å². The third kappa shape index (κ3) is 9.88. The van der Waals surface area contributed by atoms with Crippen molar-refractivity contribution in [1.29, 1.82) is 0 Å². The SMILES string of the molecule is C=CCOC(=O)CNCc1ccc([C@H]2C[C@H](N3CC/C(=C(\C(=O)OCC=C)C4=C(C(=O)O)N5C(=O)[C@@H](NC(=O)CSc6ccc7cc(C(=O)O)ccc7c6)[C@H]5SC4)C3=O)CN2)cc1. The van der Waals surface area contributed by atoms with E-state index in [4.69, 9.17) is 9.47 Å². The number of aliphatic carboxylic acids is 1. The van der Waals surface area contributed by atoms with E-state index in [9.17, 15) is 43.8 Å². The summed E-state index contributed by atoms with van der Waals surface area (Å²) in [7, 11) is 0. The topological polar surface area (TPSA) is 221 Å². The Hall–Kier alpha value is -6.21. The van der Waals surface area contributed by atoms with Gasteiger partial charge in [0.1, 0.15) is 30.3 Å². The largest absolute Gasteiger partial charge is 0.478 e. The molecule has 0 bridgehead atoms. The van der Waals surface area contributed by atoms with Crippen LogP contribution in [0.2, 0.25) is 0 Å². The summed E-state index contributed by atoms with van der Waals surface area (Å²) >= 11 is 2.40. The van der Waals surface area contributed by atoms with Crippen molar-refractivity contribution in [2.24, 2.45) is 0 Å². The minimum Gasteiger partial charge on any atom is -0.478 e. The summed E-state index contributed by atoms with van der Waals surface area (Å²) < 4.78 is 10.4. The Labute approximate surface area is 370 Å².